The maximum atomic E-state index is 12.2. The predicted molar refractivity (Wildman–Crippen MR) is 76.2 cm³/mol. The molecule has 2 rings (SSSR count). The SMILES string of the molecule is N#Cc1ccc(S(=O)(=O)N[C@@H](C(=O)O)c2ccccc2)s1. The smallest absolute Gasteiger partial charge is 0.326 e. The van der Waals surface area contributed by atoms with E-state index in [0.29, 0.717) is 5.56 Å². The van der Waals surface area contributed by atoms with Crippen molar-refractivity contribution in [1.29, 1.82) is 5.26 Å². The van der Waals surface area contributed by atoms with Crippen molar-refractivity contribution in [3.63, 3.8) is 0 Å². The second-order valence-electron chi connectivity index (χ2n) is 4.03. The molecule has 0 fully saturated rings. The van der Waals surface area contributed by atoms with E-state index in [4.69, 9.17) is 5.26 Å². The third-order valence-corrected chi connectivity index (χ3v) is 5.51. The maximum absolute atomic E-state index is 12.2. The van der Waals surface area contributed by atoms with Crippen molar-refractivity contribution in [2.45, 2.75) is 10.3 Å². The Kier molecular flexibility index (Phi) is 4.37. The summed E-state index contributed by atoms with van der Waals surface area (Å²) in [4.78, 5) is 11.5. The van der Waals surface area contributed by atoms with Crippen molar-refractivity contribution in [1.82, 2.24) is 4.72 Å². The molecule has 0 spiro atoms. The third kappa shape index (κ3) is 3.46. The monoisotopic (exact) mass is 322 g/mol. The molecule has 0 saturated heterocycles. The molecule has 0 aliphatic rings. The van der Waals surface area contributed by atoms with Crippen LogP contribution in [0.1, 0.15) is 16.5 Å². The highest BCUT2D eigenvalue weighted by Crippen LogP contribution is 2.23. The van der Waals surface area contributed by atoms with Gasteiger partial charge in [0.1, 0.15) is 21.2 Å². The zero-order valence-electron chi connectivity index (χ0n) is 10.6. The molecule has 0 amide bonds. The number of aliphatic carboxylic acids is 1. The summed E-state index contributed by atoms with van der Waals surface area (Å²) in [5.41, 5.74) is 0.325. The molecule has 0 bridgehead atoms. The van der Waals surface area contributed by atoms with Crippen LogP contribution in [-0.4, -0.2) is 19.5 Å². The first-order chi connectivity index (χ1) is 9.94. The molecule has 0 aliphatic carbocycles. The minimum atomic E-state index is -4.01. The highest BCUT2D eigenvalue weighted by molar-refractivity contribution is 7.91. The van der Waals surface area contributed by atoms with Crippen molar-refractivity contribution in [2.75, 3.05) is 0 Å². The molecule has 0 unspecified atom stereocenters. The summed E-state index contributed by atoms with van der Waals surface area (Å²) >= 11 is 0.784. The molecule has 0 aliphatic heterocycles. The van der Waals surface area contributed by atoms with Crippen LogP contribution in [0, 0.1) is 11.3 Å². The first kappa shape index (κ1) is 15.2. The van der Waals surface area contributed by atoms with E-state index in [1.165, 1.54) is 24.3 Å². The number of sulfonamides is 1. The van der Waals surface area contributed by atoms with E-state index in [1.807, 2.05) is 6.07 Å². The lowest BCUT2D eigenvalue weighted by molar-refractivity contribution is -0.139. The first-order valence-corrected chi connectivity index (χ1v) is 8.04. The van der Waals surface area contributed by atoms with Gasteiger partial charge in [0.15, 0.2) is 0 Å². The van der Waals surface area contributed by atoms with E-state index in [0.717, 1.165) is 11.3 Å². The molecule has 1 aromatic heterocycles. The Morgan fingerprint density at radius 1 is 1.24 bits per heavy atom. The van der Waals surface area contributed by atoms with Crippen LogP contribution in [0.4, 0.5) is 0 Å². The van der Waals surface area contributed by atoms with Gasteiger partial charge in [-0.1, -0.05) is 30.3 Å². The highest BCUT2D eigenvalue weighted by Gasteiger charge is 2.27. The Morgan fingerprint density at radius 2 is 1.90 bits per heavy atom. The van der Waals surface area contributed by atoms with Gasteiger partial charge in [-0.2, -0.15) is 9.98 Å². The molecule has 108 valence electrons. The van der Waals surface area contributed by atoms with Gasteiger partial charge in [0.05, 0.1) is 0 Å². The zero-order chi connectivity index (χ0) is 15.5. The molecule has 8 heteroatoms. The van der Waals surface area contributed by atoms with Crippen LogP contribution in [0.3, 0.4) is 0 Å². The van der Waals surface area contributed by atoms with Crippen LogP contribution in [-0.2, 0) is 14.8 Å². The molecular formula is C13H10N2O4S2. The van der Waals surface area contributed by atoms with Crippen molar-refractivity contribution < 1.29 is 18.3 Å². The van der Waals surface area contributed by atoms with Gasteiger partial charge >= 0.3 is 5.97 Å². The summed E-state index contributed by atoms with van der Waals surface area (Å²) in [7, 11) is -4.01. The molecule has 1 aromatic carbocycles. The Hall–Kier alpha value is -2.21. The van der Waals surface area contributed by atoms with Gasteiger partial charge in [-0.3, -0.25) is 4.79 Å². The van der Waals surface area contributed by atoms with E-state index < -0.39 is 22.0 Å². The summed E-state index contributed by atoms with van der Waals surface area (Å²) in [5, 5.41) is 17.9. The standard InChI is InChI=1S/C13H10N2O4S2/c14-8-10-6-7-11(20-10)21(18,19)15-12(13(16)17)9-4-2-1-3-5-9/h1-7,12,15H,(H,16,17)/t12-/m1/s1. The van der Waals surface area contributed by atoms with Gasteiger partial charge in [-0.25, -0.2) is 8.42 Å². The quantitative estimate of drug-likeness (QED) is 0.871. The summed E-state index contributed by atoms with van der Waals surface area (Å²) in [6.45, 7) is 0. The third-order valence-electron chi connectivity index (χ3n) is 2.61. The molecule has 1 heterocycles. The summed E-state index contributed by atoms with van der Waals surface area (Å²) in [6, 6.07) is 11.1. The van der Waals surface area contributed by atoms with E-state index in [2.05, 4.69) is 4.72 Å². The maximum Gasteiger partial charge on any atom is 0.326 e. The van der Waals surface area contributed by atoms with Gasteiger partial charge in [0, 0.05) is 0 Å². The minimum absolute atomic E-state index is 0.0961. The van der Waals surface area contributed by atoms with Crippen LogP contribution in [0.5, 0.6) is 0 Å². The van der Waals surface area contributed by atoms with E-state index in [9.17, 15) is 18.3 Å². The number of nitrogens with zero attached hydrogens (tertiary/aromatic N) is 1. The summed E-state index contributed by atoms with van der Waals surface area (Å²) in [5.74, 6) is -1.30. The van der Waals surface area contributed by atoms with Crippen LogP contribution in [0.2, 0.25) is 0 Å². The van der Waals surface area contributed by atoms with E-state index in [-0.39, 0.29) is 9.09 Å². The number of rotatable bonds is 5. The lowest BCUT2D eigenvalue weighted by atomic mass is 10.1. The lowest BCUT2D eigenvalue weighted by Gasteiger charge is -2.14. The number of carboxylic acid groups (broad SMARTS) is 1. The van der Waals surface area contributed by atoms with Gasteiger partial charge in [-0.05, 0) is 17.7 Å². The Balaban J connectivity index is 2.33. The topological polar surface area (TPSA) is 107 Å². The van der Waals surface area contributed by atoms with Gasteiger partial charge < -0.3 is 5.11 Å². The fraction of sp³-hybridized carbons (Fsp3) is 0.0769. The second kappa shape index (κ2) is 6.05. The number of carboxylic acids is 1. The van der Waals surface area contributed by atoms with Gasteiger partial charge in [-0.15, -0.1) is 11.3 Å². The molecule has 0 radical (unpaired) electrons. The Labute approximate surface area is 125 Å². The Bertz CT molecular complexity index is 791. The largest absolute Gasteiger partial charge is 0.480 e. The number of hydrogen-bond donors (Lipinski definition) is 2. The molecule has 6 nitrogen and oxygen atoms in total. The molecular weight excluding hydrogens is 312 g/mol. The number of carbonyl (C=O) groups is 1. The molecule has 2 N–H and O–H groups in total. The van der Waals surface area contributed by atoms with E-state index >= 15 is 0 Å². The van der Waals surface area contributed by atoms with E-state index in [1.54, 1.807) is 18.2 Å². The summed E-state index contributed by atoms with van der Waals surface area (Å²) < 4.78 is 26.4. The second-order valence-corrected chi connectivity index (χ2v) is 7.06. The number of nitriles is 1. The molecule has 21 heavy (non-hydrogen) atoms. The highest BCUT2D eigenvalue weighted by atomic mass is 32.2. The molecule has 0 saturated carbocycles. The average Bonchev–Trinajstić information content (AvgIpc) is 2.95. The lowest BCUT2D eigenvalue weighted by Crippen LogP contribution is -2.33. The van der Waals surface area contributed by atoms with Crippen molar-refractivity contribution in [3.8, 4) is 6.07 Å². The predicted octanol–water partition coefficient (Wildman–Crippen LogP) is 1.72. The Morgan fingerprint density at radius 3 is 2.43 bits per heavy atom. The summed E-state index contributed by atoms with van der Waals surface area (Å²) in [6.07, 6.45) is 0. The molecule has 2 aromatic rings. The van der Waals surface area contributed by atoms with Gasteiger partial charge in [0.25, 0.3) is 10.0 Å². The fourth-order valence-electron chi connectivity index (χ4n) is 1.64. The van der Waals surface area contributed by atoms with Crippen LogP contribution in [0.15, 0.2) is 46.7 Å². The normalized spacial score (nSPS) is 12.5. The van der Waals surface area contributed by atoms with Crippen molar-refractivity contribution >= 4 is 27.3 Å². The number of nitrogens with one attached hydrogen (secondary N) is 1. The molecule has 1 atom stereocenters. The fourth-order valence-corrected chi connectivity index (χ4v) is 3.94. The zero-order valence-corrected chi connectivity index (χ0v) is 12.2. The minimum Gasteiger partial charge on any atom is -0.480 e. The first-order valence-electron chi connectivity index (χ1n) is 5.74. The number of thiophene rings is 1. The van der Waals surface area contributed by atoms with Gasteiger partial charge in [0.2, 0.25) is 0 Å². The van der Waals surface area contributed by atoms with Crippen molar-refractivity contribution in [2.24, 2.45) is 0 Å². The average molecular weight is 322 g/mol. The number of benzene rings is 1. The van der Waals surface area contributed by atoms with Crippen LogP contribution in [0.25, 0.3) is 0 Å². The van der Waals surface area contributed by atoms with Crippen molar-refractivity contribution in [3.05, 3.63) is 52.9 Å². The number of hydrogen-bond acceptors (Lipinski definition) is 5. The van der Waals surface area contributed by atoms with Crippen LogP contribution < -0.4 is 4.72 Å². The van der Waals surface area contributed by atoms with Crippen LogP contribution >= 0.6 is 11.3 Å².